The molecule has 1 aromatic carbocycles. The van der Waals surface area contributed by atoms with E-state index in [1.807, 2.05) is 42.5 Å². The topological polar surface area (TPSA) is 47.2 Å². The maximum atomic E-state index is 12.5. The molecule has 1 aliphatic rings. The summed E-state index contributed by atoms with van der Waals surface area (Å²) in [6, 6.07) is 12.2. The molecule has 6 heteroatoms. The predicted octanol–water partition coefficient (Wildman–Crippen LogP) is -0.255. The number of ether oxygens (including phenoxy) is 1. The van der Waals surface area contributed by atoms with E-state index in [-0.39, 0.29) is 11.9 Å². The van der Waals surface area contributed by atoms with E-state index in [4.69, 9.17) is 4.74 Å². The average molecular weight is 376 g/mol. The quantitative estimate of drug-likeness (QED) is 0.625. The minimum Gasteiger partial charge on any atom is -0.497 e. The molecule has 0 saturated carbocycles. The van der Waals surface area contributed by atoms with E-state index in [0.717, 1.165) is 44.0 Å². The lowest BCUT2D eigenvalue weighted by Crippen LogP contribution is -3.29. The van der Waals surface area contributed by atoms with Gasteiger partial charge in [-0.1, -0.05) is 18.2 Å². The molecule has 1 aromatic heterocycles. The van der Waals surface area contributed by atoms with Crippen molar-refractivity contribution in [2.45, 2.75) is 26.1 Å². The van der Waals surface area contributed by atoms with Crippen LogP contribution in [0.3, 0.4) is 0 Å². The van der Waals surface area contributed by atoms with Crippen LogP contribution in [0.15, 0.2) is 41.8 Å². The molecule has 140 valence electrons. The van der Waals surface area contributed by atoms with Crippen molar-refractivity contribution in [3.05, 3.63) is 52.2 Å². The summed E-state index contributed by atoms with van der Waals surface area (Å²) in [6.07, 6.45) is 0. The Bertz CT molecular complexity index is 680. The fourth-order valence-electron chi connectivity index (χ4n) is 3.47. The zero-order chi connectivity index (χ0) is 18.4. The first kappa shape index (κ1) is 18.9. The van der Waals surface area contributed by atoms with Gasteiger partial charge in [0.05, 0.1) is 12.0 Å². The highest BCUT2D eigenvalue weighted by atomic mass is 32.1. The molecule has 1 atom stereocenters. The maximum absolute atomic E-state index is 12.5. The van der Waals surface area contributed by atoms with Crippen LogP contribution >= 0.6 is 11.3 Å². The first-order chi connectivity index (χ1) is 12.7. The third kappa shape index (κ3) is 5.06. The van der Waals surface area contributed by atoms with Crippen LogP contribution in [0.1, 0.15) is 17.4 Å². The zero-order valence-corrected chi connectivity index (χ0v) is 16.4. The molecule has 0 aliphatic carbocycles. The maximum Gasteiger partial charge on any atom is 0.278 e. The lowest BCUT2D eigenvalue weighted by atomic mass is 10.2. The van der Waals surface area contributed by atoms with Crippen molar-refractivity contribution >= 4 is 17.2 Å². The van der Waals surface area contributed by atoms with Crippen LogP contribution in [0.2, 0.25) is 0 Å². The minimum absolute atomic E-state index is 0.00321. The molecule has 26 heavy (non-hydrogen) atoms. The number of nitrogens with one attached hydrogen (secondary N) is 3. The molecule has 3 N–H and O–H groups in total. The van der Waals surface area contributed by atoms with Crippen LogP contribution in [0.5, 0.6) is 5.75 Å². The van der Waals surface area contributed by atoms with E-state index in [9.17, 15) is 4.79 Å². The summed E-state index contributed by atoms with van der Waals surface area (Å²) < 4.78 is 5.16. The van der Waals surface area contributed by atoms with Gasteiger partial charge < -0.3 is 19.9 Å². The summed E-state index contributed by atoms with van der Waals surface area (Å²) >= 11 is 1.84. The summed E-state index contributed by atoms with van der Waals surface area (Å²) in [6.45, 7) is 8.09. The fourth-order valence-corrected chi connectivity index (χ4v) is 4.24. The van der Waals surface area contributed by atoms with Crippen LogP contribution in [0.25, 0.3) is 0 Å². The Morgan fingerprint density at radius 2 is 1.92 bits per heavy atom. The van der Waals surface area contributed by atoms with E-state index in [1.54, 1.807) is 12.0 Å². The molecule has 3 rings (SSSR count). The van der Waals surface area contributed by atoms with Crippen molar-refractivity contribution in [2.24, 2.45) is 0 Å². The third-order valence-electron chi connectivity index (χ3n) is 5.24. The second-order valence-electron chi connectivity index (χ2n) is 6.95. The number of thiophene rings is 1. The highest BCUT2D eigenvalue weighted by Gasteiger charge is 2.30. The highest BCUT2D eigenvalue weighted by Crippen LogP contribution is 2.10. The van der Waals surface area contributed by atoms with Crippen LogP contribution in [0, 0.1) is 0 Å². The van der Waals surface area contributed by atoms with Crippen molar-refractivity contribution < 1.29 is 19.3 Å². The molecule has 2 heterocycles. The molecule has 2 aromatic rings. The Kier molecular flexibility index (Phi) is 6.66. The van der Waals surface area contributed by atoms with E-state index in [2.05, 4.69) is 22.8 Å². The zero-order valence-electron chi connectivity index (χ0n) is 15.6. The summed E-state index contributed by atoms with van der Waals surface area (Å²) in [7, 11) is 1.66. The fraction of sp³-hybridized carbons (Fsp3) is 0.450. The first-order valence-corrected chi connectivity index (χ1v) is 10.1. The number of amides is 1. The van der Waals surface area contributed by atoms with Crippen LogP contribution in [-0.4, -0.2) is 45.2 Å². The molecule has 1 amide bonds. The van der Waals surface area contributed by atoms with Crippen molar-refractivity contribution in [3.63, 3.8) is 0 Å². The summed E-state index contributed by atoms with van der Waals surface area (Å²) in [5.74, 6) is 0.971. The molecule has 1 aliphatic heterocycles. The summed E-state index contributed by atoms with van der Waals surface area (Å²) in [4.78, 5) is 17.0. The number of hydrogen-bond donors (Lipinski definition) is 3. The highest BCUT2D eigenvalue weighted by molar-refractivity contribution is 7.09. The van der Waals surface area contributed by atoms with Gasteiger partial charge >= 0.3 is 0 Å². The van der Waals surface area contributed by atoms with Gasteiger partial charge in [-0.2, -0.15) is 0 Å². The van der Waals surface area contributed by atoms with Crippen molar-refractivity contribution in [1.29, 1.82) is 0 Å². The minimum atomic E-state index is -0.00321. The molecular weight excluding hydrogens is 346 g/mol. The number of benzene rings is 1. The molecule has 0 spiro atoms. The van der Waals surface area contributed by atoms with Gasteiger partial charge in [0.1, 0.15) is 38.5 Å². The van der Waals surface area contributed by atoms with Gasteiger partial charge in [-0.05, 0) is 36.1 Å². The van der Waals surface area contributed by atoms with Crippen LogP contribution in [-0.2, 0) is 17.9 Å². The largest absolute Gasteiger partial charge is 0.497 e. The monoisotopic (exact) mass is 375 g/mol. The van der Waals surface area contributed by atoms with Crippen molar-refractivity contribution in [3.8, 4) is 5.75 Å². The lowest BCUT2D eigenvalue weighted by Gasteiger charge is -2.32. The standard InChI is InChI=1S/C20H27N3O2S/c1-16(20(24)21-14-17-5-7-18(25-2)8-6-17)23-11-9-22(10-12-23)15-19-4-3-13-26-19/h3-8,13,16H,9-12,14-15H2,1-2H3,(H,21,24)/p+2/t16-/m1/s1. The third-order valence-corrected chi connectivity index (χ3v) is 6.11. The van der Waals surface area contributed by atoms with Crippen LogP contribution < -0.4 is 19.9 Å². The average Bonchev–Trinajstić information content (AvgIpc) is 3.19. The van der Waals surface area contributed by atoms with Gasteiger partial charge in [0.25, 0.3) is 5.91 Å². The number of quaternary nitrogens is 2. The first-order valence-electron chi connectivity index (χ1n) is 9.27. The number of hydrogen-bond acceptors (Lipinski definition) is 3. The van der Waals surface area contributed by atoms with Gasteiger partial charge in [0, 0.05) is 6.54 Å². The second-order valence-corrected chi connectivity index (χ2v) is 7.98. The Balaban J connectivity index is 1.42. The summed E-state index contributed by atoms with van der Waals surface area (Å²) in [5, 5.41) is 5.22. The van der Waals surface area contributed by atoms with Crippen molar-refractivity contribution in [2.75, 3.05) is 33.3 Å². The van der Waals surface area contributed by atoms with E-state index in [0.29, 0.717) is 6.54 Å². The molecule has 1 saturated heterocycles. The number of methoxy groups -OCH3 is 1. The smallest absolute Gasteiger partial charge is 0.278 e. The normalized spacial score (nSPS) is 21.2. The predicted molar refractivity (Wildman–Crippen MR) is 104 cm³/mol. The molecule has 5 nitrogen and oxygen atoms in total. The molecular formula is C20H29N3O2S+2. The van der Waals surface area contributed by atoms with Gasteiger partial charge in [-0.15, -0.1) is 11.3 Å². The Morgan fingerprint density at radius 1 is 1.19 bits per heavy atom. The number of carbonyl (C=O) groups is 1. The van der Waals surface area contributed by atoms with Gasteiger partial charge in [0.15, 0.2) is 6.04 Å². The number of piperazine rings is 1. The Labute approximate surface area is 159 Å². The van der Waals surface area contributed by atoms with E-state index < -0.39 is 0 Å². The SMILES string of the molecule is COc1ccc(CNC(=O)[C@@H](C)[NH+]2CC[NH+](Cc3cccs3)CC2)cc1. The Hall–Kier alpha value is -1.89. The van der Waals surface area contributed by atoms with Gasteiger partial charge in [0.2, 0.25) is 0 Å². The van der Waals surface area contributed by atoms with E-state index >= 15 is 0 Å². The Morgan fingerprint density at radius 3 is 2.54 bits per heavy atom. The number of rotatable bonds is 7. The van der Waals surface area contributed by atoms with Crippen molar-refractivity contribution in [1.82, 2.24) is 5.32 Å². The molecule has 1 fully saturated rings. The van der Waals surface area contributed by atoms with Gasteiger partial charge in [-0.25, -0.2) is 0 Å². The molecule has 0 unspecified atom stereocenters. The summed E-state index contributed by atoms with van der Waals surface area (Å²) in [5.41, 5.74) is 1.09. The number of carbonyl (C=O) groups excluding carboxylic acids is 1. The lowest BCUT2D eigenvalue weighted by molar-refractivity contribution is -1.02. The molecule has 0 radical (unpaired) electrons. The van der Waals surface area contributed by atoms with Crippen LogP contribution in [0.4, 0.5) is 0 Å². The van der Waals surface area contributed by atoms with Gasteiger partial charge in [-0.3, -0.25) is 4.79 Å². The molecule has 0 bridgehead atoms. The van der Waals surface area contributed by atoms with E-state index in [1.165, 1.54) is 9.78 Å². The second kappa shape index (κ2) is 9.16.